The Bertz CT molecular complexity index is 458. The number of fused-ring (bicyclic) bond motifs is 1. The lowest BCUT2D eigenvalue weighted by atomic mass is 10.3. The van der Waals surface area contributed by atoms with Crippen molar-refractivity contribution in [1.82, 2.24) is 0 Å². The monoisotopic (exact) mass is 269 g/mol. The van der Waals surface area contributed by atoms with Gasteiger partial charge in [-0.3, -0.25) is 4.55 Å². The van der Waals surface area contributed by atoms with Crippen LogP contribution in [0.15, 0.2) is 29.2 Å². The minimum absolute atomic E-state index is 0.910. The SMILES string of the molecule is CN1c2ccccc2SC1F.O=S(=O)(O)F. The summed E-state index contributed by atoms with van der Waals surface area (Å²) in [5.74, 6) is 0. The number of hydrogen-bond acceptors (Lipinski definition) is 4. The zero-order valence-electron chi connectivity index (χ0n) is 8.17. The summed E-state index contributed by atoms with van der Waals surface area (Å²) in [4.78, 5) is 2.67. The first-order chi connectivity index (χ1) is 7.29. The zero-order valence-corrected chi connectivity index (χ0v) is 9.80. The fraction of sp³-hybridized carbons (Fsp3) is 0.250. The van der Waals surface area contributed by atoms with Gasteiger partial charge in [-0.2, -0.15) is 8.42 Å². The Morgan fingerprint density at radius 3 is 2.44 bits per heavy atom. The molecule has 1 atom stereocenters. The molecule has 0 radical (unpaired) electrons. The minimum atomic E-state index is -5.17. The first-order valence-electron chi connectivity index (χ1n) is 4.08. The molecule has 1 heterocycles. The van der Waals surface area contributed by atoms with Crippen molar-refractivity contribution < 1.29 is 21.2 Å². The summed E-state index contributed by atoms with van der Waals surface area (Å²) < 4.78 is 47.1. The summed E-state index contributed by atoms with van der Waals surface area (Å²) in [5.41, 5.74) is 0.0809. The molecule has 90 valence electrons. The summed E-state index contributed by atoms with van der Waals surface area (Å²) in [6.45, 7) is 0. The van der Waals surface area contributed by atoms with Gasteiger partial charge < -0.3 is 4.90 Å². The summed E-state index contributed by atoms with van der Waals surface area (Å²) in [5, 5.41) is 0. The van der Waals surface area contributed by atoms with Crippen molar-refractivity contribution in [3.8, 4) is 0 Å². The van der Waals surface area contributed by atoms with Gasteiger partial charge in [-0.15, -0.1) is 0 Å². The maximum atomic E-state index is 13.0. The molecule has 0 saturated heterocycles. The maximum absolute atomic E-state index is 13.0. The van der Waals surface area contributed by atoms with E-state index >= 15 is 0 Å². The highest BCUT2D eigenvalue weighted by Gasteiger charge is 2.25. The summed E-state index contributed by atoms with van der Waals surface area (Å²) in [6.07, 6.45) is 0. The van der Waals surface area contributed by atoms with Gasteiger partial charge in [-0.25, -0.2) is 4.39 Å². The quantitative estimate of drug-likeness (QED) is 0.444. The van der Waals surface area contributed by atoms with Crippen LogP contribution in [0, 0.1) is 0 Å². The van der Waals surface area contributed by atoms with Crippen molar-refractivity contribution >= 4 is 28.0 Å². The molecule has 0 bridgehead atoms. The fourth-order valence-electron chi connectivity index (χ4n) is 1.14. The zero-order chi connectivity index (χ0) is 12.3. The van der Waals surface area contributed by atoms with Crippen LogP contribution in [0.25, 0.3) is 0 Å². The Hall–Kier alpha value is -0.860. The molecule has 0 aromatic heterocycles. The van der Waals surface area contributed by atoms with E-state index in [1.165, 1.54) is 11.8 Å². The molecule has 4 nitrogen and oxygen atoms in total. The van der Waals surface area contributed by atoms with E-state index in [9.17, 15) is 8.28 Å². The number of para-hydroxylation sites is 1. The van der Waals surface area contributed by atoms with Crippen LogP contribution in [0.1, 0.15) is 0 Å². The molecule has 1 aromatic rings. The van der Waals surface area contributed by atoms with E-state index in [0.717, 1.165) is 10.6 Å². The second-order valence-electron chi connectivity index (χ2n) is 2.90. The Morgan fingerprint density at radius 1 is 1.44 bits per heavy atom. The molecular weight excluding hydrogens is 260 g/mol. The van der Waals surface area contributed by atoms with Crippen LogP contribution in [0.2, 0.25) is 0 Å². The molecule has 1 N–H and O–H groups in total. The third kappa shape index (κ3) is 3.95. The lowest BCUT2D eigenvalue weighted by Crippen LogP contribution is -2.19. The highest BCUT2D eigenvalue weighted by atomic mass is 32.3. The first kappa shape index (κ1) is 13.2. The molecule has 1 aliphatic heterocycles. The van der Waals surface area contributed by atoms with Gasteiger partial charge in [0.25, 0.3) is 0 Å². The van der Waals surface area contributed by atoms with Gasteiger partial charge in [0.05, 0.1) is 5.69 Å². The lowest BCUT2D eigenvalue weighted by molar-refractivity contribution is 0.435. The van der Waals surface area contributed by atoms with E-state index in [1.807, 2.05) is 24.3 Å². The third-order valence-corrected chi connectivity index (χ3v) is 2.88. The van der Waals surface area contributed by atoms with Crippen molar-refractivity contribution in [2.75, 3.05) is 11.9 Å². The number of benzene rings is 1. The molecule has 8 heteroatoms. The van der Waals surface area contributed by atoms with Crippen LogP contribution in [0.5, 0.6) is 0 Å². The predicted octanol–water partition coefficient (Wildman–Crippen LogP) is 2.24. The van der Waals surface area contributed by atoms with Gasteiger partial charge in [-0.1, -0.05) is 27.8 Å². The Labute approximate surface area is 96.3 Å². The smallest absolute Gasteiger partial charge is 0.335 e. The molecule has 1 aliphatic rings. The van der Waals surface area contributed by atoms with E-state index in [1.54, 1.807) is 11.9 Å². The standard InChI is InChI=1S/C8H8FNS.FHO3S/c1-10-6-4-2-3-5-7(6)11-8(10)9;1-5(2,3)4/h2-5,8H,1H3;(H,2,3,4). The molecule has 0 aliphatic carbocycles. The first-order valence-corrected chi connectivity index (χ1v) is 6.30. The van der Waals surface area contributed by atoms with Crippen LogP contribution in [-0.4, -0.2) is 25.6 Å². The second-order valence-corrected chi connectivity index (χ2v) is 4.79. The third-order valence-electron chi connectivity index (χ3n) is 1.77. The fourth-order valence-corrected chi connectivity index (χ4v) is 2.11. The molecule has 1 aromatic carbocycles. The van der Waals surface area contributed by atoms with Crippen molar-refractivity contribution in [2.45, 2.75) is 10.5 Å². The minimum Gasteiger partial charge on any atom is -0.335 e. The maximum Gasteiger partial charge on any atom is 0.435 e. The number of thioether (sulfide) groups is 1. The van der Waals surface area contributed by atoms with Crippen LogP contribution in [0.4, 0.5) is 14.0 Å². The highest BCUT2D eigenvalue weighted by Crippen LogP contribution is 2.42. The van der Waals surface area contributed by atoms with Crippen LogP contribution >= 0.6 is 11.8 Å². The highest BCUT2D eigenvalue weighted by molar-refractivity contribution is 8.00. The molecule has 16 heavy (non-hydrogen) atoms. The number of halogens is 2. The van der Waals surface area contributed by atoms with Gasteiger partial charge in [0, 0.05) is 11.9 Å². The molecule has 2 rings (SSSR count). The molecule has 1 unspecified atom stereocenters. The molecule has 0 saturated carbocycles. The molecular formula is C8H9F2NO3S2. The topological polar surface area (TPSA) is 57.6 Å². The number of anilines is 1. The Kier molecular flexibility index (Phi) is 4.11. The van der Waals surface area contributed by atoms with E-state index in [2.05, 4.69) is 0 Å². The van der Waals surface area contributed by atoms with Crippen LogP contribution in [-0.2, 0) is 10.5 Å². The molecule has 0 amide bonds. The van der Waals surface area contributed by atoms with Gasteiger partial charge in [0.1, 0.15) is 0 Å². The molecule has 0 fully saturated rings. The van der Waals surface area contributed by atoms with Crippen molar-refractivity contribution in [2.24, 2.45) is 0 Å². The van der Waals surface area contributed by atoms with Crippen molar-refractivity contribution in [1.29, 1.82) is 0 Å². The average molecular weight is 269 g/mol. The number of alkyl halides is 1. The van der Waals surface area contributed by atoms with Crippen LogP contribution < -0.4 is 4.90 Å². The number of hydrogen-bond donors (Lipinski definition) is 1. The van der Waals surface area contributed by atoms with Gasteiger partial charge in [0.15, 0.2) is 0 Å². The average Bonchev–Trinajstić information content (AvgIpc) is 2.41. The predicted molar refractivity (Wildman–Crippen MR) is 58.3 cm³/mol. The summed E-state index contributed by atoms with van der Waals surface area (Å²) in [7, 11) is -3.40. The van der Waals surface area contributed by atoms with Crippen LogP contribution in [0.3, 0.4) is 0 Å². The van der Waals surface area contributed by atoms with Crippen molar-refractivity contribution in [3.05, 3.63) is 24.3 Å². The van der Waals surface area contributed by atoms with E-state index < -0.39 is 16.1 Å². The van der Waals surface area contributed by atoms with Gasteiger partial charge >= 0.3 is 10.5 Å². The number of rotatable bonds is 0. The normalized spacial score (nSPS) is 18.8. The van der Waals surface area contributed by atoms with E-state index in [-0.39, 0.29) is 0 Å². The molecule has 0 spiro atoms. The number of nitrogens with zero attached hydrogens (tertiary/aromatic N) is 1. The largest absolute Gasteiger partial charge is 0.435 e. The van der Waals surface area contributed by atoms with Crippen molar-refractivity contribution in [3.63, 3.8) is 0 Å². The lowest BCUT2D eigenvalue weighted by Gasteiger charge is -2.13. The van der Waals surface area contributed by atoms with Gasteiger partial charge in [-0.05, 0) is 12.1 Å². The second kappa shape index (κ2) is 4.98. The summed E-state index contributed by atoms with van der Waals surface area (Å²) in [6, 6.07) is 7.73. The van der Waals surface area contributed by atoms with E-state index in [0.29, 0.717) is 0 Å². The summed E-state index contributed by atoms with van der Waals surface area (Å²) >= 11 is 1.26. The Morgan fingerprint density at radius 2 is 1.94 bits per heavy atom. The Balaban J connectivity index is 0.000000221. The van der Waals surface area contributed by atoms with Gasteiger partial charge in [0.2, 0.25) is 5.63 Å². The van der Waals surface area contributed by atoms with E-state index in [4.69, 9.17) is 13.0 Å².